The van der Waals surface area contributed by atoms with Crippen molar-refractivity contribution in [1.29, 1.82) is 0 Å². The lowest BCUT2D eigenvalue weighted by molar-refractivity contribution is -0.937. The van der Waals surface area contributed by atoms with Gasteiger partial charge in [-0.05, 0) is 135 Å². The van der Waals surface area contributed by atoms with E-state index in [9.17, 15) is 0 Å². The van der Waals surface area contributed by atoms with Gasteiger partial charge in [0.1, 0.15) is 0 Å². The molecule has 4 aliphatic heterocycles. The van der Waals surface area contributed by atoms with Crippen LogP contribution in [0.15, 0.2) is 36.4 Å². The van der Waals surface area contributed by atoms with E-state index in [-0.39, 0.29) is 5.41 Å². The zero-order valence-electron chi connectivity index (χ0n) is 33.6. The Balaban J connectivity index is 0.935. The first-order chi connectivity index (χ1) is 25.1. The van der Waals surface area contributed by atoms with Gasteiger partial charge in [0.25, 0.3) is 0 Å². The molecule has 4 heterocycles. The van der Waals surface area contributed by atoms with Crippen LogP contribution < -0.4 is 0 Å². The van der Waals surface area contributed by atoms with Crippen molar-refractivity contribution in [1.82, 2.24) is 0 Å². The molecule has 1 aliphatic carbocycles. The van der Waals surface area contributed by atoms with Gasteiger partial charge >= 0.3 is 0 Å². The molecule has 7 rings (SSSR count). The Labute approximate surface area is 315 Å². The summed E-state index contributed by atoms with van der Waals surface area (Å²) in [5.74, 6) is 2.03. The molecule has 2 nitrogen and oxygen atoms in total. The SMILES string of the molecule is CCc1ccc2c(c1)C(CCCCCCC1CC[N+]3(CCCCC3)CC1)(CCCCCCC1CC[N+]3(CCCCC3)CC1)c1cc(CC)ccc1-2. The number of nitrogens with zero attached hydrogens (tertiary/aromatic N) is 2. The van der Waals surface area contributed by atoms with Gasteiger partial charge in [0.2, 0.25) is 0 Å². The van der Waals surface area contributed by atoms with Crippen LogP contribution in [0.1, 0.15) is 177 Å². The fourth-order valence-corrected chi connectivity index (χ4v) is 12.3. The zero-order chi connectivity index (χ0) is 35.0. The third-order valence-electron chi connectivity index (χ3n) is 15.8. The van der Waals surface area contributed by atoms with E-state index in [4.69, 9.17) is 0 Å². The summed E-state index contributed by atoms with van der Waals surface area (Å²) >= 11 is 0. The topological polar surface area (TPSA) is 0 Å². The average molecular weight is 695 g/mol. The number of quaternary nitrogens is 2. The van der Waals surface area contributed by atoms with Crippen LogP contribution >= 0.6 is 0 Å². The van der Waals surface area contributed by atoms with Gasteiger partial charge in [0, 0.05) is 5.41 Å². The predicted molar refractivity (Wildman–Crippen MR) is 219 cm³/mol. The molecule has 0 aromatic heterocycles. The van der Waals surface area contributed by atoms with Crippen molar-refractivity contribution in [2.45, 2.75) is 173 Å². The maximum absolute atomic E-state index is 2.66. The summed E-state index contributed by atoms with van der Waals surface area (Å²) in [7, 11) is 0. The largest absolute Gasteiger partial charge is 0.324 e. The maximum Gasteiger partial charge on any atom is 0.0789 e. The molecule has 0 saturated carbocycles. The Morgan fingerprint density at radius 1 is 0.471 bits per heavy atom. The fraction of sp³-hybridized carbons (Fsp3) is 0.755. The highest BCUT2D eigenvalue weighted by atomic mass is 15.4. The lowest BCUT2D eigenvalue weighted by Gasteiger charge is -2.46. The van der Waals surface area contributed by atoms with Gasteiger partial charge in [0.15, 0.2) is 0 Å². The Bertz CT molecular complexity index is 1250. The van der Waals surface area contributed by atoms with Crippen molar-refractivity contribution in [3.63, 3.8) is 0 Å². The summed E-state index contributed by atoms with van der Waals surface area (Å²) < 4.78 is 2.98. The predicted octanol–water partition coefficient (Wildman–Crippen LogP) is 12.6. The van der Waals surface area contributed by atoms with Crippen molar-refractivity contribution >= 4 is 0 Å². The first kappa shape index (κ1) is 37.7. The van der Waals surface area contributed by atoms with Crippen LogP contribution in [0.3, 0.4) is 0 Å². The van der Waals surface area contributed by atoms with Gasteiger partial charge in [-0.2, -0.15) is 0 Å². The Hall–Kier alpha value is -1.64. The number of aryl methyl sites for hydroxylation is 2. The molecule has 0 atom stereocenters. The molecule has 51 heavy (non-hydrogen) atoms. The Morgan fingerprint density at radius 3 is 1.25 bits per heavy atom. The molecule has 2 heteroatoms. The normalized spacial score (nSPS) is 23.8. The third kappa shape index (κ3) is 8.85. The van der Waals surface area contributed by atoms with Gasteiger partial charge in [-0.15, -0.1) is 0 Å². The summed E-state index contributed by atoms with van der Waals surface area (Å²) in [5, 5.41) is 0. The third-order valence-corrected chi connectivity index (χ3v) is 15.8. The first-order valence-electron chi connectivity index (χ1n) is 23.0. The lowest BCUT2D eigenvalue weighted by Crippen LogP contribution is -2.55. The molecular weight excluding hydrogens is 617 g/mol. The molecule has 0 N–H and O–H groups in total. The van der Waals surface area contributed by atoms with Crippen LogP contribution in [0.5, 0.6) is 0 Å². The van der Waals surface area contributed by atoms with E-state index < -0.39 is 0 Å². The van der Waals surface area contributed by atoms with E-state index in [0.29, 0.717) is 0 Å². The standard InChI is InChI=1S/C49H78N2/c1-3-41-21-23-45-46-24-22-42(4-2)40-48(46)49(47(45)39-41,29-13-7-5-11-19-43-25-35-50(36-26-43)31-15-9-16-32-50)30-14-8-6-12-20-44-27-37-51(38-28-44)33-17-10-18-34-51/h21-24,39-40,43-44H,3-20,25-38H2,1-2H3/q+2. The molecule has 2 aromatic carbocycles. The quantitative estimate of drug-likeness (QED) is 0.121. The van der Waals surface area contributed by atoms with Crippen molar-refractivity contribution in [3.8, 4) is 11.1 Å². The maximum atomic E-state index is 2.66. The van der Waals surface area contributed by atoms with E-state index in [0.717, 1.165) is 24.7 Å². The van der Waals surface area contributed by atoms with E-state index in [1.807, 2.05) is 0 Å². The molecule has 2 aromatic rings. The monoisotopic (exact) mass is 695 g/mol. The molecule has 0 radical (unpaired) electrons. The van der Waals surface area contributed by atoms with E-state index >= 15 is 0 Å². The second-order valence-corrected chi connectivity index (χ2v) is 18.9. The minimum Gasteiger partial charge on any atom is -0.324 e. The van der Waals surface area contributed by atoms with Crippen LogP contribution in [-0.2, 0) is 18.3 Å². The molecule has 0 bridgehead atoms. The molecule has 0 amide bonds. The summed E-state index contributed by atoms with van der Waals surface area (Å²) in [6.07, 6.45) is 34.4. The zero-order valence-corrected chi connectivity index (χ0v) is 33.6. The van der Waals surface area contributed by atoms with Gasteiger partial charge in [0.05, 0.1) is 52.4 Å². The highest BCUT2D eigenvalue weighted by Gasteiger charge is 2.42. The van der Waals surface area contributed by atoms with E-state index in [1.165, 1.54) is 214 Å². The van der Waals surface area contributed by atoms with Crippen molar-refractivity contribution in [3.05, 3.63) is 58.7 Å². The molecular formula is C49H78N2+2. The van der Waals surface area contributed by atoms with Crippen molar-refractivity contribution in [2.24, 2.45) is 11.8 Å². The van der Waals surface area contributed by atoms with Crippen LogP contribution in [0, 0.1) is 11.8 Å². The van der Waals surface area contributed by atoms with Crippen LogP contribution in [-0.4, -0.2) is 61.3 Å². The summed E-state index contributed by atoms with van der Waals surface area (Å²) in [4.78, 5) is 0. The number of hydrogen-bond donors (Lipinski definition) is 0. The smallest absolute Gasteiger partial charge is 0.0789 e. The molecule has 4 fully saturated rings. The second-order valence-electron chi connectivity index (χ2n) is 18.9. The second kappa shape index (κ2) is 17.7. The van der Waals surface area contributed by atoms with Crippen LogP contribution in [0.25, 0.3) is 11.1 Å². The van der Waals surface area contributed by atoms with Gasteiger partial charge in [-0.1, -0.05) is 114 Å². The molecule has 282 valence electrons. The number of rotatable bonds is 16. The highest BCUT2D eigenvalue weighted by molar-refractivity contribution is 5.81. The molecule has 2 spiro atoms. The summed E-state index contributed by atoms with van der Waals surface area (Å²) in [6, 6.07) is 15.2. The molecule has 4 saturated heterocycles. The van der Waals surface area contributed by atoms with Crippen molar-refractivity contribution in [2.75, 3.05) is 52.4 Å². The number of hydrogen-bond acceptors (Lipinski definition) is 0. The number of benzene rings is 2. The Morgan fingerprint density at radius 2 is 0.863 bits per heavy atom. The fourth-order valence-electron chi connectivity index (χ4n) is 12.3. The van der Waals surface area contributed by atoms with Crippen molar-refractivity contribution < 1.29 is 8.97 Å². The minimum atomic E-state index is 0.215. The van der Waals surface area contributed by atoms with Crippen LogP contribution in [0.4, 0.5) is 0 Å². The number of unbranched alkanes of at least 4 members (excludes halogenated alkanes) is 6. The summed E-state index contributed by atoms with van der Waals surface area (Å²) in [6.45, 7) is 16.6. The molecule has 5 aliphatic rings. The number of fused-ring (bicyclic) bond motifs is 3. The van der Waals surface area contributed by atoms with E-state index in [1.54, 1.807) is 22.3 Å². The first-order valence-corrected chi connectivity index (χ1v) is 23.0. The molecule has 0 unspecified atom stereocenters. The summed E-state index contributed by atoms with van der Waals surface area (Å²) in [5.41, 5.74) is 9.78. The lowest BCUT2D eigenvalue weighted by atomic mass is 9.70. The average Bonchev–Trinajstić information content (AvgIpc) is 3.44. The minimum absolute atomic E-state index is 0.215. The van der Waals surface area contributed by atoms with Crippen LogP contribution in [0.2, 0.25) is 0 Å². The van der Waals surface area contributed by atoms with Gasteiger partial charge in [-0.25, -0.2) is 0 Å². The van der Waals surface area contributed by atoms with Gasteiger partial charge in [-0.3, -0.25) is 0 Å². The highest BCUT2D eigenvalue weighted by Crippen LogP contribution is 2.55. The Kier molecular flexibility index (Phi) is 13.0. The van der Waals surface area contributed by atoms with E-state index in [2.05, 4.69) is 50.2 Å². The number of piperidine rings is 4. The van der Waals surface area contributed by atoms with Gasteiger partial charge < -0.3 is 8.97 Å².